The van der Waals surface area contributed by atoms with Crippen LogP contribution >= 0.6 is 0 Å². The van der Waals surface area contributed by atoms with Crippen LogP contribution in [0.5, 0.6) is 0 Å². The number of nitro benzene ring substituents is 4. The SMILES string of the molecule is Cc1c(N=Nc2cc([N+](=O)[O-])cc([N+](=O)[O-])c2C)cc([N+](=O)[O-])cc1[N+](=O)[O-]. The number of hydrogen-bond acceptors (Lipinski definition) is 10. The van der Waals surface area contributed by atoms with Crippen LogP contribution in [0.1, 0.15) is 11.1 Å². The Kier molecular flexibility index (Phi) is 5.33. The van der Waals surface area contributed by atoms with Gasteiger partial charge in [-0.2, -0.15) is 0 Å². The Balaban J connectivity index is 2.66. The van der Waals surface area contributed by atoms with Gasteiger partial charge in [0.25, 0.3) is 22.7 Å². The number of hydrogen-bond donors (Lipinski definition) is 0. The summed E-state index contributed by atoms with van der Waals surface area (Å²) in [7, 11) is 0. The number of nitrogens with zero attached hydrogens (tertiary/aromatic N) is 6. The summed E-state index contributed by atoms with van der Waals surface area (Å²) >= 11 is 0. The van der Waals surface area contributed by atoms with Crippen LogP contribution in [0, 0.1) is 54.3 Å². The van der Waals surface area contributed by atoms with Gasteiger partial charge < -0.3 is 0 Å². The first-order valence-corrected chi connectivity index (χ1v) is 7.31. The van der Waals surface area contributed by atoms with E-state index in [2.05, 4.69) is 10.2 Å². The lowest BCUT2D eigenvalue weighted by molar-refractivity contribution is -0.394. The quantitative estimate of drug-likeness (QED) is 0.393. The second-order valence-electron chi connectivity index (χ2n) is 5.45. The minimum atomic E-state index is -0.852. The van der Waals surface area contributed by atoms with E-state index in [1.165, 1.54) is 13.8 Å². The molecule has 0 aliphatic heterocycles. The van der Waals surface area contributed by atoms with Crippen molar-refractivity contribution in [2.75, 3.05) is 0 Å². The monoisotopic (exact) mass is 390 g/mol. The van der Waals surface area contributed by atoms with Gasteiger partial charge in [-0.05, 0) is 13.8 Å². The maximum atomic E-state index is 11.1. The molecule has 0 aromatic heterocycles. The third-order valence-electron chi connectivity index (χ3n) is 3.76. The van der Waals surface area contributed by atoms with Gasteiger partial charge in [-0.3, -0.25) is 40.5 Å². The largest absolute Gasteiger partial charge is 0.281 e. The average molecular weight is 390 g/mol. The molecule has 14 nitrogen and oxygen atoms in total. The fourth-order valence-corrected chi connectivity index (χ4v) is 2.24. The molecule has 2 rings (SSSR count). The van der Waals surface area contributed by atoms with Gasteiger partial charge in [-0.1, -0.05) is 0 Å². The summed E-state index contributed by atoms with van der Waals surface area (Å²) in [5.41, 5.74) is -2.85. The van der Waals surface area contributed by atoms with Gasteiger partial charge in [0.05, 0.1) is 43.0 Å². The van der Waals surface area contributed by atoms with E-state index in [1.807, 2.05) is 0 Å². The van der Waals surface area contributed by atoms with Crippen LogP contribution in [-0.4, -0.2) is 19.7 Å². The second-order valence-corrected chi connectivity index (χ2v) is 5.45. The molecule has 0 bridgehead atoms. The van der Waals surface area contributed by atoms with E-state index in [4.69, 9.17) is 0 Å². The fourth-order valence-electron chi connectivity index (χ4n) is 2.24. The Morgan fingerprint density at radius 1 is 0.607 bits per heavy atom. The lowest BCUT2D eigenvalue weighted by atomic mass is 10.1. The molecule has 0 spiro atoms. The maximum absolute atomic E-state index is 11.1. The highest BCUT2D eigenvalue weighted by atomic mass is 16.6. The number of rotatable bonds is 6. The molecule has 0 atom stereocenters. The summed E-state index contributed by atoms with van der Waals surface area (Å²) in [4.78, 5) is 40.7. The molecule has 144 valence electrons. The van der Waals surface area contributed by atoms with E-state index in [-0.39, 0.29) is 22.5 Å². The van der Waals surface area contributed by atoms with E-state index < -0.39 is 42.4 Å². The zero-order valence-electron chi connectivity index (χ0n) is 14.3. The fraction of sp³-hybridized carbons (Fsp3) is 0.143. The summed E-state index contributed by atoms with van der Waals surface area (Å²) in [6.45, 7) is 2.58. The molecule has 0 heterocycles. The Morgan fingerprint density at radius 3 is 1.18 bits per heavy atom. The average Bonchev–Trinajstić information content (AvgIpc) is 2.60. The number of nitro groups is 4. The molecule has 2 aromatic rings. The maximum Gasteiger partial charge on any atom is 0.281 e. The summed E-state index contributed by atoms with van der Waals surface area (Å²) in [5, 5.41) is 51.5. The number of azo groups is 1. The first-order valence-electron chi connectivity index (χ1n) is 7.31. The highest BCUT2D eigenvalue weighted by Gasteiger charge is 2.23. The van der Waals surface area contributed by atoms with Crippen LogP contribution in [0.4, 0.5) is 34.1 Å². The lowest BCUT2D eigenvalue weighted by Crippen LogP contribution is -1.96. The molecular formula is C14H10N6O8. The minimum Gasteiger partial charge on any atom is -0.258 e. The molecule has 0 aliphatic rings. The first-order chi connectivity index (χ1) is 13.0. The summed E-state index contributed by atoms with van der Waals surface area (Å²) in [5.74, 6) is 0. The molecule has 0 fully saturated rings. The predicted molar refractivity (Wildman–Crippen MR) is 93.2 cm³/mol. The lowest BCUT2D eigenvalue weighted by Gasteiger charge is -2.03. The van der Waals surface area contributed by atoms with Gasteiger partial charge in [0, 0.05) is 12.1 Å². The predicted octanol–water partition coefficient (Wildman–Crippen LogP) is 4.35. The van der Waals surface area contributed by atoms with Crippen LogP contribution in [0.25, 0.3) is 0 Å². The Morgan fingerprint density at radius 2 is 0.929 bits per heavy atom. The molecule has 0 saturated carbocycles. The molecule has 0 radical (unpaired) electrons. The topological polar surface area (TPSA) is 197 Å². The van der Waals surface area contributed by atoms with Gasteiger partial charge in [0.15, 0.2) is 0 Å². The molecule has 28 heavy (non-hydrogen) atoms. The van der Waals surface area contributed by atoms with Crippen molar-refractivity contribution < 1.29 is 19.7 Å². The third-order valence-corrected chi connectivity index (χ3v) is 3.76. The van der Waals surface area contributed by atoms with Gasteiger partial charge in [-0.25, -0.2) is 0 Å². The zero-order chi connectivity index (χ0) is 21.2. The standard InChI is InChI=1S/C14H10N6O8/c1-7-11(3-9(17(21)22)5-13(7)19(25)26)15-16-12-4-10(18(23)24)6-14(8(12)2)20(27)28/h3-6H,1-2H3. The van der Waals surface area contributed by atoms with Crippen LogP contribution in [-0.2, 0) is 0 Å². The first kappa shape index (κ1) is 20.0. The van der Waals surface area contributed by atoms with Crippen molar-refractivity contribution in [1.82, 2.24) is 0 Å². The van der Waals surface area contributed by atoms with Crippen LogP contribution in [0.2, 0.25) is 0 Å². The molecule has 0 amide bonds. The van der Waals surface area contributed by atoms with Crippen molar-refractivity contribution in [3.8, 4) is 0 Å². The van der Waals surface area contributed by atoms with E-state index in [1.54, 1.807) is 0 Å². The Bertz CT molecular complexity index is 981. The van der Waals surface area contributed by atoms with Crippen molar-refractivity contribution >= 4 is 34.1 Å². The molecule has 2 aromatic carbocycles. The molecule has 0 saturated heterocycles. The summed E-state index contributed by atoms with van der Waals surface area (Å²) < 4.78 is 0. The summed E-state index contributed by atoms with van der Waals surface area (Å²) in [6.07, 6.45) is 0. The second kappa shape index (κ2) is 7.48. The van der Waals surface area contributed by atoms with Gasteiger partial charge in [0.1, 0.15) is 11.4 Å². The summed E-state index contributed by atoms with van der Waals surface area (Å²) in [6, 6.07) is 3.40. The van der Waals surface area contributed by atoms with Gasteiger partial charge >= 0.3 is 0 Å². The van der Waals surface area contributed by atoms with Crippen molar-refractivity contribution in [3.05, 3.63) is 75.8 Å². The van der Waals surface area contributed by atoms with E-state index in [0.29, 0.717) is 0 Å². The zero-order valence-corrected chi connectivity index (χ0v) is 14.3. The molecule has 0 unspecified atom stereocenters. The third kappa shape index (κ3) is 3.90. The molecule has 14 heteroatoms. The van der Waals surface area contributed by atoms with E-state index in [0.717, 1.165) is 24.3 Å². The molecule has 0 N–H and O–H groups in total. The smallest absolute Gasteiger partial charge is 0.258 e. The highest BCUT2D eigenvalue weighted by molar-refractivity contribution is 5.65. The molecular weight excluding hydrogens is 380 g/mol. The number of non-ortho nitro benzene ring substituents is 2. The molecule has 0 aliphatic carbocycles. The normalized spacial score (nSPS) is 10.8. The van der Waals surface area contributed by atoms with E-state index in [9.17, 15) is 40.5 Å². The number of benzene rings is 2. The van der Waals surface area contributed by atoms with Crippen LogP contribution in [0.3, 0.4) is 0 Å². The minimum absolute atomic E-state index is 0.0306. The highest BCUT2D eigenvalue weighted by Crippen LogP contribution is 2.37. The van der Waals surface area contributed by atoms with Crippen LogP contribution < -0.4 is 0 Å². The van der Waals surface area contributed by atoms with Gasteiger partial charge in [0.2, 0.25) is 0 Å². The van der Waals surface area contributed by atoms with Crippen molar-refractivity contribution in [2.24, 2.45) is 10.2 Å². The van der Waals surface area contributed by atoms with E-state index >= 15 is 0 Å². The van der Waals surface area contributed by atoms with Gasteiger partial charge in [-0.15, -0.1) is 10.2 Å². The van der Waals surface area contributed by atoms with Crippen molar-refractivity contribution in [2.45, 2.75) is 13.8 Å². The van der Waals surface area contributed by atoms with Crippen molar-refractivity contribution in [3.63, 3.8) is 0 Å². The Hall–Kier alpha value is -4.36. The van der Waals surface area contributed by atoms with Crippen molar-refractivity contribution in [1.29, 1.82) is 0 Å². The Labute approximate surface area is 154 Å². The van der Waals surface area contributed by atoms with Crippen LogP contribution in [0.15, 0.2) is 34.5 Å².